The number of hydrogen-bond acceptors (Lipinski definition) is 11. The molecular formula is C20H33F2N5O10. The number of amides is 4. The van der Waals surface area contributed by atoms with Crippen molar-refractivity contribution >= 4 is 23.6 Å². The summed E-state index contributed by atoms with van der Waals surface area (Å²) in [6.45, 7) is 0.0272. The molecule has 0 saturated carbocycles. The first kappa shape index (κ1) is 30.7. The van der Waals surface area contributed by atoms with Gasteiger partial charge in [-0.1, -0.05) is 0 Å². The molecule has 8 atom stereocenters. The Bertz CT molecular complexity index is 865. The number of likely N-dealkylation sites (N-methyl/N-ethyl adjacent to an activating group) is 1. The Kier molecular flexibility index (Phi) is 10.2. The highest BCUT2D eigenvalue weighted by atomic mass is 19.3. The molecule has 15 nitrogen and oxygen atoms in total. The van der Waals surface area contributed by atoms with E-state index < -0.39 is 84.6 Å². The first-order chi connectivity index (χ1) is 17.2. The Balaban J connectivity index is 1.82. The van der Waals surface area contributed by atoms with Gasteiger partial charge in [-0.05, 0) is 26.2 Å². The van der Waals surface area contributed by atoms with Gasteiger partial charge in [0.15, 0.2) is 6.17 Å². The van der Waals surface area contributed by atoms with Gasteiger partial charge in [0.2, 0.25) is 11.8 Å². The Morgan fingerprint density at radius 3 is 2.43 bits per heavy atom. The highest BCUT2D eigenvalue weighted by Gasteiger charge is 2.69. The Morgan fingerprint density at radius 1 is 1.19 bits per heavy atom. The number of carbonyl (C=O) groups excluding carboxylic acids is 4. The minimum Gasteiger partial charge on any atom is -0.394 e. The van der Waals surface area contributed by atoms with Crippen LogP contribution in [0.15, 0.2) is 0 Å². The molecule has 212 valence electrons. The van der Waals surface area contributed by atoms with Gasteiger partial charge in [-0.15, -0.1) is 0 Å². The van der Waals surface area contributed by atoms with E-state index in [2.05, 4.69) is 26.0 Å². The Labute approximate surface area is 209 Å². The number of unbranched alkanes of at least 4 members (excludes halogenated alkanes) is 1. The van der Waals surface area contributed by atoms with E-state index in [-0.39, 0.29) is 25.8 Å². The number of halogens is 2. The first-order valence-corrected chi connectivity index (χ1v) is 11.5. The van der Waals surface area contributed by atoms with Crippen LogP contribution in [0.25, 0.3) is 0 Å². The number of aliphatic hydroxyl groups excluding tert-OH is 4. The maximum atomic E-state index is 14.7. The third-order valence-corrected chi connectivity index (χ3v) is 6.14. The average molecular weight is 542 g/mol. The molecule has 2 saturated heterocycles. The van der Waals surface area contributed by atoms with Gasteiger partial charge in [-0.3, -0.25) is 24.5 Å². The second kappa shape index (κ2) is 12.3. The molecule has 2 rings (SSSR count). The fourth-order valence-electron chi connectivity index (χ4n) is 3.86. The first-order valence-electron chi connectivity index (χ1n) is 11.5. The largest absolute Gasteiger partial charge is 0.394 e. The number of rotatable bonds is 11. The molecule has 17 heteroatoms. The lowest BCUT2D eigenvalue weighted by Gasteiger charge is -2.47. The van der Waals surface area contributed by atoms with Crippen molar-refractivity contribution in [3.63, 3.8) is 0 Å². The van der Waals surface area contributed by atoms with Crippen LogP contribution in [0.2, 0.25) is 0 Å². The number of hydrogen-bond donors (Lipinski definition) is 10. The van der Waals surface area contributed by atoms with Crippen LogP contribution in [0.4, 0.5) is 8.78 Å². The predicted octanol–water partition coefficient (Wildman–Crippen LogP) is -5.26. The molecule has 2 aliphatic rings. The van der Waals surface area contributed by atoms with E-state index >= 15 is 0 Å². The van der Waals surface area contributed by atoms with Crippen molar-refractivity contribution < 1.29 is 58.2 Å². The minimum absolute atomic E-state index is 0.0975. The molecule has 2 aliphatic heterocycles. The molecular weight excluding hydrogens is 508 g/mol. The van der Waals surface area contributed by atoms with Crippen molar-refractivity contribution in [3.05, 3.63) is 0 Å². The van der Waals surface area contributed by atoms with Crippen LogP contribution in [0, 0.1) is 0 Å². The Morgan fingerprint density at radius 2 is 1.84 bits per heavy atom. The third-order valence-electron chi connectivity index (χ3n) is 6.14. The van der Waals surface area contributed by atoms with E-state index in [4.69, 9.17) is 5.11 Å². The fraction of sp³-hybridized carbons (Fsp3) is 0.800. The van der Waals surface area contributed by atoms with Crippen LogP contribution in [0.1, 0.15) is 26.2 Å². The summed E-state index contributed by atoms with van der Waals surface area (Å²) >= 11 is 0. The molecule has 0 spiro atoms. The van der Waals surface area contributed by atoms with Gasteiger partial charge >= 0.3 is 5.92 Å². The summed E-state index contributed by atoms with van der Waals surface area (Å²) in [4.78, 5) is 47.9. The number of ether oxygens (including phenoxy) is 1. The highest BCUT2D eigenvalue weighted by molar-refractivity contribution is 5.95. The topological polar surface area (TPSA) is 239 Å². The van der Waals surface area contributed by atoms with Crippen molar-refractivity contribution in [2.24, 2.45) is 0 Å². The van der Waals surface area contributed by atoms with Gasteiger partial charge in [-0.2, -0.15) is 8.78 Å². The zero-order chi connectivity index (χ0) is 28.1. The molecule has 0 radical (unpaired) electrons. The van der Waals surface area contributed by atoms with E-state index in [9.17, 15) is 48.4 Å². The molecule has 0 aromatic rings. The van der Waals surface area contributed by atoms with Crippen molar-refractivity contribution in [1.82, 2.24) is 26.6 Å². The van der Waals surface area contributed by atoms with Gasteiger partial charge in [0.1, 0.15) is 30.5 Å². The second-order valence-corrected chi connectivity index (χ2v) is 8.79. The normalized spacial score (nSPS) is 32.8. The van der Waals surface area contributed by atoms with Gasteiger partial charge in [0.05, 0.1) is 12.6 Å². The number of alkyl halides is 2. The van der Waals surface area contributed by atoms with Gasteiger partial charge in [0, 0.05) is 13.6 Å². The molecule has 0 bridgehead atoms. The molecule has 2 fully saturated rings. The monoisotopic (exact) mass is 541 g/mol. The summed E-state index contributed by atoms with van der Waals surface area (Å²) in [6, 6.07) is -1.63. The molecule has 2 heterocycles. The van der Waals surface area contributed by atoms with E-state index in [1.807, 2.05) is 5.32 Å². The number of nitrogens with one attached hydrogen (secondary N) is 5. The summed E-state index contributed by atoms with van der Waals surface area (Å²) in [6.07, 6.45) is -9.58. The lowest BCUT2D eigenvalue weighted by molar-refractivity contribution is -0.401. The molecule has 0 aromatic heterocycles. The lowest BCUT2D eigenvalue weighted by Crippen LogP contribution is -2.73. The van der Waals surface area contributed by atoms with E-state index in [0.717, 1.165) is 0 Å². The van der Waals surface area contributed by atoms with Crippen molar-refractivity contribution in [3.8, 4) is 0 Å². The van der Waals surface area contributed by atoms with Crippen molar-refractivity contribution in [1.29, 1.82) is 0 Å². The summed E-state index contributed by atoms with van der Waals surface area (Å²) in [5.74, 6) is -12.3. The number of aliphatic hydroxyl groups is 5. The third kappa shape index (κ3) is 6.49. The molecule has 0 unspecified atom stereocenters. The quantitative estimate of drug-likeness (QED) is 0.111. The SMILES string of the molecule is CNC(=O)[C@H](C)NC(=O)[C@H]1NC(=O)[C@H](CCCCNC(=O)C(F)(F)[C@]2(O)O[C@H](CO)[C@H](O)[C@H](O)[C@H]2O)N1. The van der Waals surface area contributed by atoms with Crippen LogP contribution >= 0.6 is 0 Å². The fourth-order valence-corrected chi connectivity index (χ4v) is 3.86. The van der Waals surface area contributed by atoms with Crippen molar-refractivity contribution in [2.45, 2.75) is 80.6 Å². The van der Waals surface area contributed by atoms with E-state index in [0.29, 0.717) is 0 Å². The van der Waals surface area contributed by atoms with Crippen LogP contribution in [-0.2, 0) is 23.9 Å². The van der Waals surface area contributed by atoms with Gasteiger partial charge < -0.3 is 51.5 Å². The van der Waals surface area contributed by atoms with E-state index in [1.165, 1.54) is 14.0 Å². The van der Waals surface area contributed by atoms with Crippen molar-refractivity contribution in [2.75, 3.05) is 20.2 Å². The van der Waals surface area contributed by atoms with E-state index in [1.54, 1.807) is 0 Å². The van der Waals surface area contributed by atoms with Crippen LogP contribution < -0.4 is 26.6 Å². The van der Waals surface area contributed by atoms with Gasteiger partial charge in [-0.25, -0.2) is 0 Å². The zero-order valence-corrected chi connectivity index (χ0v) is 20.1. The zero-order valence-electron chi connectivity index (χ0n) is 20.1. The van der Waals surface area contributed by atoms with Gasteiger partial charge in [0.25, 0.3) is 17.6 Å². The summed E-state index contributed by atoms with van der Waals surface area (Å²) in [5, 5.41) is 60.4. The maximum absolute atomic E-state index is 14.7. The predicted molar refractivity (Wildman–Crippen MR) is 117 cm³/mol. The summed E-state index contributed by atoms with van der Waals surface area (Å²) < 4.78 is 33.9. The summed E-state index contributed by atoms with van der Waals surface area (Å²) in [5.41, 5.74) is 0. The average Bonchev–Trinajstić information content (AvgIpc) is 3.24. The Hall–Kier alpha value is -2.54. The lowest BCUT2D eigenvalue weighted by atomic mass is 9.88. The maximum Gasteiger partial charge on any atom is 0.379 e. The van der Waals surface area contributed by atoms with Crippen LogP contribution in [-0.4, -0.2) is 124 Å². The standard InChI is InChI=1S/C20H33F2N5O10/c1-8(15(32)23-2)25-17(34)14-26-9(16(33)27-14)5-3-4-6-24-18(35)19(21,22)20(36)13(31)12(30)11(29)10(7-28)37-20/h8-14,26,28-31,36H,3-7H2,1-2H3,(H,23,32)(H,24,35)(H,25,34)(H,27,33)/t8-,9-,10+,11-,12-,13+,14+,20+/m0/s1. The summed E-state index contributed by atoms with van der Waals surface area (Å²) in [7, 11) is 1.40. The smallest absolute Gasteiger partial charge is 0.379 e. The second-order valence-electron chi connectivity index (χ2n) is 8.79. The van der Waals surface area contributed by atoms with Crippen LogP contribution in [0.3, 0.4) is 0 Å². The highest BCUT2D eigenvalue weighted by Crippen LogP contribution is 2.40. The number of carbonyl (C=O) groups is 4. The minimum atomic E-state index is -4.79. The molecule has 0 aromatic carbocycles. The molecule has 4 amide bonds. The molecule has 10 N–H and O–H groups in total. The molecule has 0 aliphatic carbocycles. The van der Waals surface area contributed by atoms with Crippen LogP contribution in [0.5, 0.6) is 0 Å². The molecule has 37 heavy (non-hydrogen) atoms.